The van der Waals surface area contributed by atoms with Gasteiger partial charge in [0.25, 0.3) is 0 Å². The van der Waals surface area contributed by atoms with Crippen LogP contribution in [0.15, 0.2) is 36.1 Å². The second-order valence-corrected chi connectivity index (χ2v) is 2.22. The molecule has 1 heteroatoms. The minimum atomic E-state index is 0.692. The molecule has 0 unspecified atom stereocenters. The molecule has 0 rings (SSSR count). The lowest BCUT2D eigenvalue weighted by Gasteiger charge is -1.97. The average molecular weight is 152 g/mol. The molecule has 0 aromatic rings. The first-order valence-corrected chi connectivity index (χ1v) is 3.80. The van der Waals surface area contributed by atoms with Crippen LogP contribution < -0.4 is 0 Å². The van der Waals surface area contributed by atoms with E-state index in [1.807, 2.05) is 19.1 Å². The molecule has 0 radical (unpaired) electrons. The number of hydrogen-bond acceptors (Lipinski definition) is 1. The van der Waals surface area contributed by atoms with Gasteiger partial charge in [0.1, 0.15) is 5.76 Å². The molecule has 0 bridgehead atoms. The van der Waals surface area contributed by atoms with E-state index < -0.39 is 0 Å². The van der Waals surface area contributed by atoms with E-state index in [-0.39, 0.29) is 0 Å². The maximum atomic E-state index is 4.88. The first-order valence-electron chi connectivity index (χ1n) is 3.80. The summed E-state index contributed by atoms with van der Waals surface area (Å²) in [6.07, 6.45) is 7.02. The second-order valence-electron chi connectivity index (χ2n) is 2.22. The number of rotatable bonds is 4. The van der Waals surface area contributed by atoms with Crippen LogP contribution in [0, 0.1) is 0 Å². The Labute approximate surface area is 69.1 Å². The van der Waals surface area contributed by atoms with Crippen molar-refractivity contribution in [2.24, 2.45) is 0 Å². The maximum absolute atomic E-state index is 4.88. The van der Waals surface area contributed by atoms with Crippen LogP contribution in [-0.2, 0) is 4.74 Å². The Morgan fingerprint density at radius 1 is 1.45 bits per heavy atom. The smallest absolute Gasteiger partial charge is 0.111 e. The standard InChI is InChI=1S/C10H16O/c1-5-10(6-2)8-7-9(3)11-4/h5,7-8H,3,6H2,1-2,4H3/b8-7-,10-5-. The molecule has 11 heavy (non-hydrogen) atoms. The molecule has 0 aromatic carbocycles. The van der Waals surface area contributed by atoms with Crippen LogP contribution in [0.4, 0.5) is 0 Å². The largest absolute Gasteiger partial charge is 0.497 e. The zero-order valence-corrected chi connectivity index (χ0v) is 7.55. The van der Waals surface area contributed by atoms with Gasteiger partial charge in [-0.2, -0.15) is 0 Å². The van der Waals surface area contributed by atoms with Gasteiger partial charge in [-0.3, -0.25) is 0 Å². The minimum absolute atomic E-state index is 0.692. The fourth-order valence-electron chi connectivity index (χ4n) is 0.686. The zero-order chi connectivity index (χ0) is 8.69. The quantitative estimate of drug-likeness (QED) is 0.444. The fraction of sp³-hybridized carbons (Fsp3) is 0.400. The monoisotopic (exact) mass is 152 g/mol. The van der Waals surface area contributed by atoms with Crippen LogP contribution in [0.3, 0.4) is 0 Å². The molecule has 0 aliphatic carbocycles. The molecule has 1 nitrogen and oxygen atoms in total. The number of allylic oxidation sites excluding steroid dienone is 4. The van der Waals surface area contributed by atoms with Crippen LogP contribution in [0.5, 0.6) is 0 Å². The Balaban J connectivity index is 4.00. The molecule has 0 aliphatic heterocycles. The first-order chi connectivity index (χ1) is 5.24. The van der Waals surface area contributed by atoms with Gasteiger partial charge < -0.3 is 4.74 Å². The highest BCUT2D eigenvalue weighted by Gasteiger charge is 1.85. The van der Waals surface area contributed by atoms with Crippen molar-refractivity contribution in [2.75, 3.05) is 7.11 Å². The Hall–Kier alpha value is -0.980. The lowest BCUT2D eigenvalue weighted by Crippen LogP contribution is -1.78. The Kier molecular flexibility index (Phi) is 5.26. The zero-order valence-electron chi connectivity index (χ0n) is 7.55. The molecule has 0 spiro atoms. The molecule has 0 saturated heterocycles. The van der Waals surface area contributed by atoms with E-state index in [1.54, 1.807) is 7.11 Å². The lowest BCUT2D eigenvalue weighted by molar-refractivity contribution is 0.309. The van der Waals surface area contributed by atoms with Crippen molar-refractivity contribution in [3.05, 3.63) is 36.1 Å². The lowest BCUT2D eigenvalue weighted by atomic mass is 10.2. The van der Waals surface area contributed by atoms with E-state index >= 15 is 0 Å². The van der Waals surface area contributed by atoms with Crippen LogP contribution in [-0.4, -0.2) is 7.11 Å². The summed E-state index contributed by atoms with van der Waals surface area (Å²) in [7, 11) is 1.62. The summed E-state index contributed by atoms with van der Waals surface area (Å²) in [5, 5.41) is 0. The molecule has 0 aliphatic rings. The van der Waals surface area contributed by atoms with Crippen molar-refractivity contribution in [3.8, 4) is 0 Å². The van der Waals surface area contributed by atoms with E-state index in [1.165, 1.54) is 5.57 Å². The Morgan fingerprint density at radius 3 is 2.45 bits per heavy atom. The van der Waals surface area contributed by atoms with Gasteiger partial charge in [0.05, 0.1) is 7.11 Å². The molecule has 0 saturated carbocycles. The highest BCUT2D eigenvalue weighted by atomic mass is 16.5. The third-order valence-electron chi connectivity index (χ3n) is 1.52. The van der Waals surface area contributed by atoms with E-state index in [9.17, 15) is 0 Å². The summed E-state index contributed by atoms with van der Waals surface area (Å²) >= 11 is 0. The van der Waals surface area contributed by atoms with Crippen LogP contribution >= 0.6 is 0 Å². The third kappa shape index (κ3) is 4.43. The first kappa shape index (κ1) is 10.0. The molecule has 62 valence electrons. The molecular weight excluding hydrogens is 136 g/mol. The molecule has 0 N–H and O–H groups in total. The summed E-state index contributed by atoms with van der Waals surface area (Å²) in [4.78, 5) is 0. The van der Waals surface area contributed by atoms with Crippen LogP contribution in [0.1, 0.15) is 20.3 Å². The van der Waals surface area contributed by atoms with Gasteiger partial charge >= 0.3 is 0 Å². The molecule has 0 amide bonds. The molecule has 0 heterocycles. The number of hydrogen-bond donors (Lipinski definition) is 0. The van der Waals surface area contributed by atoms with Crippen LogP contribution in [0.25, 0.3) is 0 Å². The molecule has 0 aromatic heterocycles. The predicted molar refractivity (Wildman–Crippen MR) is 49.3 cm³/mol. The summed E-state index contributed by atoms with van der Waals surface area (Å²) in [5.41, 5.74) is 1.29. The van der Waals surface area contributed by atoms with Crippen molar-refractivity contribution in [3.63, 3.8) is 0 Å². The Bertz CT molecular complexity index is 175. The second kappa shape index (κ2) is 5.78. The van der Waals surface area contributed by atoms with Gasteiger partial charge in [-0.15, -0.1) is 0 Å². The van der Waals surface area contributed by atoms with Gasteiger partial charge in [-0.05, 0) is 19.4 Å². The van der Waals surface area contributed by atoms with Gasteiger partial charge in [-0.1, -0.05) is 31.2 Å². The highest BCUT2D eigenvalue weighted by Crippen LogP contribution is 2.04. The van der Waals surface area contributed by atoms with Crippen molar-refractivity contribution < 1.29 is 4.74 Å². The molecule has 0 atom stereocenters. The Morgan fingerprint density at radius 2 is 2.09 bits per heavy atom. The maximum Gasteiger partial charge on any atom is 0.111 e. The van der Waals surface area contributed by atoms with Gasteiger partial charge in [-0.25, -0.2) is 0 Å². The average Bonchev–Trinajstić information content (AvgIpc) is 2.06. The van der Waals surface area contributed by atoms with E-state index in [0.717, 1.165) is 6.42 Å². The topological polar surface area (TPSA) is 9.23 Å². The summed E-state index contributed by atoms with van der Waals surface area (Å²) in [6, 6.07) is 0. The molecular formula is C10H16O. The predicted octanol–water partition coefficient (Wildman–Crippen LogP) is 3.06. The summed E-state index contributed by atoms with van der Waals surface area (Å²) in [6.45, 7) is 7.82. The third-order valence-corrected chi connectivity index (χ3v) is 1.52. The van der Waals surface area contributed by atoms with Crippen molar-refractivity contribution in [1.29, 1.82) is 0 Å². The highest BCUT2D eigenvalue weighted by molar-refractivity contribution is 5.22. The molecule has 0 fully saturated rings. The van der Waals surface area contributed by atoms with Crippen molar-refractivity contribution >= 4 is 0 Å². The SMILES string of the molecule is C=C(/C=C\C(=C/C)CC)OC. The van der Waals surface area contributed by atoms with Gasteiger partial charge in [0.15, 0.2) is 0 Å². The van der Waals surface area contributed by atoms with Gasteiger partial charge in [0, 0.05) is 0 Å². The number of methoxy groups -OCH3 is 1. The summed E-state index contributed by atoms with van der Waals surface area (Å²) in [5.74, 6) is 0.692. The minimum Gasteiger partial charge on any atom is -0.497 e. The van der Waals surface area contributed by atoms with E-state index in [0.29, 0.717) is 5.76 Å². The van der Waals surface area contributed by atoms with Crippen molar-refractivity contribution in [1.82, 2.24) is 0 Å². The summed E-state index contributed by atoms with van der Waals surface area (Å²) < 4.78 is 4.88. The normalized spacial score (nSPS) is 12.1. The van der Waals surface area contributed by atoms with Crippen molar-refractivity contribution in [2.45, 2.75) is 20.3 Å². The number of ether oxygens (including phenoxy) is 1. The fourth-order valence-corrected chi connectivity index (χ4v) is 0.686. The van der Waals surface area contributed by atoms with Gasteiger partial charge in [0.2, 0.25) is 0 Å². The van der Waals surface area contributed by atoms with E-state index in [2.05, 4.69) is 19.6 Å². The van der Waals surface area contributed by atoms with Crippen LogP contribution in [0.2, 0.25) is 0 Å². The van der Waals surface area contributed by atoms with E-state index in [4.69, 9.17) is 4.74 Å².